The van der Waals surface area contributed by atoms with E-state index in [9.17, 15) is 4.79 Å². The molecule has 30 heavy (non-hydrogen) atoms. The van der Waals surface area contributed by atoms with Gasteiger partial charge in [0.25, 0.3) is 0 Å². The molecular formula is C22H35N5O3. The van der Waals surface area contributed by atoms with Gasteiger partial charge in [0.15, 0.2) is 5.78 Å². The van der Waals surface area contributed by atoms with E-state index in [4.69, 9.17) is 15.3 Å². The number of benzene rings is 1. The van der Waals surface area contributed by atoms with E-state index >= 15 is 0 Å². The Kier molecular flexibility index (Phi) is 8.11. The fourth-order valence-electron chi connectivity index (χ4n) is 2.72. The van der Waals surface area contributed by atoms with Crippen molar-refractivity contribution in [2.45, 2.75) is 53.7 Å². The fourth-order valence-corrected chi connectivity index (χ4v) is 2.72. The smallest absolute Gasteiger partial charge is 0.172 e. The van der Waals surface area contributed by atoms with Crippen molar-refractivity contribution in [3.8, 4) is 17.0 Å². The summed E-state index contributed by atoms with van der Waals surface area (Å²) < 4.78 is 13.4. The minimum absolute atomic E-state index is 0.0302. The second kappa shape index (κ2) is 10.1. The average Bonchev–Trinajstić information content (AvgIpc) is 3.12. The summed E-state index contributed by atoms with van der Waals surface area (Å²) in [6, 6.07) is 7.51. The van der Waals surface area contributed by atoms with Crippen LogP contribution in [0.15, 0.2) is 30.5 Å². The lowest BCUT2D eigenvalue weighted by Gasteiger charge is -2.31. The van der Waals surface area contributed by atoms with Crippen molar-refractivity contribution in [2.75, 3.05) is 19.8 Å². The molecule has 0 fully saturated rings. The Morgan fingerprint density at radius 2 is 1.87 bits per heavy atom. The molecule has 1 aromatic carbocycles. The minimum atomic E-state index is -0.344. The van der Waals surface area contributed by atoms with Crippen molar-refractivity contribution in [2.24, 2.45) is 17.2 Å². The highest BCUT2D eigenvalue weighted by atomic mass is 16.5. The highest BCUT2D eigenvalue weighted by molar-refractivity contribution is 5.81. The second-order valence-electron chi connectivity index (χ2n) is 9.33. The van der Waals surface area contributed by atoms with Gasteiger partial charge < -0.3 is 9.47 Å². The standard InChI is InChI=1S/C22H35N5O3/c1-16(2)20(28)12-29-18-9-7-17(8-10-18)19-11-27(26-25-19)14-21(3,4)15-30-22(5,6)13-24-23/h7-11,16,24H,12-15,23H2,1-6H3. The molecule has 2 aromatic rings. The van der Waals surface area contributed by atoms with Crippen molar-refractivity contribution in [3.63, 3.8) is 0 Å². The highest BCUT2D eigenvalue weighted by Gasteiger charge is 2.25. The number of hydrogen-bond donors (Lipinski definition) is 2. The van der Waals surface area contributed by atoms with Crippen LogP contribution in [0.1, 0.15) is 41.5 Å². The quantitative estimate of drug-likeness (QED) is 0.404. The molecule has 1 heterocycles. The van der Waals surface area contributed by atoms with E-state index in [2.05, 4.69) is 29.6 Å². The van der Waals surface area contributed by atoms with Gasteiger partial charge in [-0.1, -0.05) is 32.9 Å². The van der Waals surface area contributed by atoms with Gasteiger partial charge in [-0.15, -0.1) is 5.10 Å². The van der Waals surface area contributed by atoms with Crippen molar-refractivity contribution in [3.05, 3.63) is 30.5 Å². The van der Waals surface area contributed by atoms with Crippen LogP contribution in [0, 0.1) is 11.3 Å². The molecule has 0 saturated carbocycles. The lowest BCUT2D eigenvalue weighted by molar-refractivity contribution is -0.123. The topological polar surface area (TPSA) is 104 Å². The minimum Gasteiger partial charge on any atom is -0.486 e. The molecule has 0 aliphatic carbocycles. The molecule has 0 saturated heterocycles. The zero-order chi connectivity index (χ0) is 22.4. The van der Waals surface area contributed by atoms with Gasteiger partial charge in [-0.2, -0.15) is 0 Å². The van der Waals surface area contributed by atoms with Crippen molar-refractivity contribution < 1.29 is 14.3 Å². The van der Waals surface area contributed by atoms with E-state index in [0.29, 0.717) is 25.4 Å². The van der Waals surface area contributed by atoms with Gasteiger partial charge in [-0.25, -0.2) is 0 Å². The molecule has 0 radical (unpaired) electrons. The van der Waals surface area contributed by atoms with Gasteiger partial charge in [0.05, 0.1) is 18.4 Å². The van der Waals surface area contributed by atoms with E-state index < -0.39 is 0 Å². The molecule has 0 bridgehead atoms. The van der Waals surface area contributed by atoms with E-state index in [0.717, 1.165) is 11.3 Å². The number of hydrazine groups is 1. The number of carbonyl (C=O) groups excluding carboxylic acids is 1. The van der Waals surface area contributed by atoms with Crippen LogP contribution in [-0.4, -0.2) is 46.1 Å². The number of hydrogen-bond acceptors (Lipinski definition) is 7. The van der Waals surface area contributed by atoms with Gasteiger partial charge in [0, 0.05) is 30.0 Å². The molecule has 3 N–H and O–H groups in total. The van der Waals surface area contributed by atoms with Crippen LogP contribution in [0.5, 0.6) is 5.75 Å². The van der Waals surface area contributed by atoms with Crippen molar-refractivity contribution >= 4 is 5.78 Å². The number of rotatable bonds is 12. The summed E-state index contributed by atoms with van der Waals surface area (Å²) in [5.41, 5.74) is 3.91. The summed E-state index contributed by atoms with van der Waals surface area (Å²) in [6.07, 6.45) is 1.92. The van der Waals surface area contributed by atoms with Crippen molar-refractivity contribution in [1.82, 2.24) is 20.4 Å². The Hall–Kier alpha value is -2.29. The largest absolute Gasteiger partial charge is 0.486 e. The summed E-state index contributed by atoms with van der Waals surface area (Å²) in [7, 11) is 0. The summed E-state index contributed by atoms with van der Waals surface area (Å²) in [4.78, 5) is 11.7. The lowest BCUT2D eigenvalue weighted by Crippen LogP contribution is -2.43. The number of aromatic nitrogens is 3. The summed E-state index contributed by atoms with van der Waals surface area (Å²) in [5.74, 6) is 6.12. The van der Waals surface area contributed by atoms with Crippen LogP contribution in [-0.2, 0) is 16.1 Å². The third-order valence-electron chi connectivity index (χ3n) is 4.69. The molecule has 0 aliphatic rings. The van der Waals surface area contributed by atoms with Gasteiger partial charge in [0.2, 0.25) is 0 Å². The number of nitrogens with two attached hydrogens (primary N) is 1. The van der Waals surface area contributed by atoms with Crippen LogP contribution < -0.4 is 16.0 Å². The number of carbonyl (C=O) groups is 1. The molecule has 0 aliphatic heterocycles. The fraction of sp³-hybridized carbons (Fsp3) is 0.591. The Bertz CT molecular complexity index is 812. The number of Topliss-reactive ketones (excluding diaryl/α,β-unsaturated/α-hetero) is 1. The second-order valence-corrected chi connectivity index (χ2v) is 9.33. The molecule has 2 rings (SSSR count). The first-order chi connectivity index (χ1) is 14.0. The molecule has 0 amide bonds. The van der Waals surface area contributed by atoms with Gasteiger partial charge in [-0.3, -0.25) is 20.7 Å². The summed E-state index contributed by atoms with van der Waals surface area (Å²) in [6.45, 7) is 13.9. The molecule has 8 heteroatoms. The molecule has 0 unspecified atom stereocenters. The number of nitrogens with zero attached hydrogens (tertiary/aromatic N) is 3. The zero-order valence-corrected chi connectivity index (χ0v) is 18.9. The first kappa shape index (κ1) is 24.0. The first-order valence-corrected chi connectivity index (χ1v) is 10.2. The third kappa shape index (κ3) is 7.51. The predicted octanol–water partition coefficient (Wildman–Crippen LogP) is 2.83. The van der Waals surface area contributed by atoms with E-state index in [1.165, 1.54) is 0 Å². The van der Waals surface area contributed by atoms with E-state index in [1.807, 2.05) is 62.8 Å². The predicted molar refractivity (Wildman–Crippen MR) is 117 cm³/mol. The maximum absolute atomic E-state index is 11.7. The van der Waals surface area contributed by atoms with Gasteiger partial charge in [-0.05, 0) is 38.1 Å². The Labute approximate surface area is 179 Å². The van der Waals surface area contributed by atoms with E-state index in [-0.39, 0.29) is 29.3 Å². The zero-order valence-electron chi connectivity index (χ0n) is 18.9. The molecule has 166 valence electrons. The SMILES string of the molecule is CC(C)C(=O)COc1ccc(-c2cn(CC(C)(C)COC(C)(C)CNN)nn2)cc1. The van der Waals surface area contributed by atoms with Gasteiger partial charge in [0.1, 0.15) is 18.1 Å². The maximum atomic E-state index is 11.7. The highest BCUT2D eigenvalue weighted by Crippen LogP contribution is 2.24. The summed E-state index contributed by atoms with van der Waals surface area (Å²) in [5, 5.41) is 8.55. The number of ketones is 1. The molecule has 0 spiro atoms. The van der Waals surface area contributed by atoms with Crippen LogP contribution in [0.3, 0.4) is 0 Å². The van der Waals surface area contributed by atoms with Crippen LogP contribution in [0.2, 0.25) is 0 Å². The Balaban J connectivity index is 1.94. The van der Waals surface area contributed by atoms with Crippen LogP contribution in [0.25, 0.3) is 11.3 Å². The molecule has 0 atom stereocenters. The number of nitrogens with one attached hydrogen (secondary N) is 1. The Morgan fingerprint density at radius 1 is 1.20 bits per heavy atom. The van der Waals surface area contributed by atoms with Crippen LogP contribution in [0.4, 0.5) is 0 Å². The Morgan fingerprint density at radius 3 is 2.47 bits per heavy atom. The van der Waals surface area contributed by atoms with E-state index in [1.54, 1.807) is 0 Å². The van der Waals surface area contributed by atoms with Crippen LogP contribution >= 0.6 is 0 Å². The molecule has 1 aromatic heterocycles. The molecule has 8 nitrogen and oxygen atoms in total. The number of ether oxygens (including phenoxy) is 2. The van der Waals surface area contributed by atoms with Crippen molar-refractivity contribution in [1.29, 1.82) is 0 Å². The monoisotopic (exact) mass is 417 g/mol. The first-order valence-electron chi connectivity index (χ1n) is 10.2. The normalized spacial score (nSPS) is 12.4. The lowest BCUT2D eigenvalue weighted by atomic mass is 9.94. The average molecular weight is 418 g/mol. The summed E-state index contributed by atoms with van der Waals surface area (Å²) >= 11 is 0. The molecular weight excluding hydrogens is 382 g/mol. The van der Waals surface area contributed by atoms with Gasteiger partial charge >= 0.3 is 0 Å². The third-order valence-corrected chi connectivity index (χ3v) is 4.69. The maximum Gasteiger partial charge on any atom is 0.172 e.